The second-order valence-corrected chi connectivity index (χ2v) is 12.2. The average molecular weight is 610 g/mol. The SMILES string of the molecule is CC(C)(C)OC(=O)ON1CCC(c2ccc(CC(=O)OCC(=O)c3ccccc3)cc2)C(OCc2ccc3ccccc3c2)C1. The number of carbonyl (C=O) groups excluding carboxylic acids is 3. The molecule has 8 nitrogen and oxygen atoms in total. The Balaban J connectivity index is 1.23. The van der Waals surface area contributed by atoms with Crippen molar-refractivity contribution in [3.8, 4) is 0 Å². The lowest BCUT2D eigenvalue weighted by atomic mass is 9.87. The zero-order chi connectivity index (χ0) is 31.8. The highest BCUT2D eigenvalue weighted by molar-refractivity contribution is 5.97. The smallest absolute Gasteiger partial charge is 0.457 e. The topological polar surface area (TPSA) is 91.4 Å². The summed E-state index contributed by atoms with van der Waals surface area (Å²) in [5.41, 5.74) is 2.75. The summed E-state index contributed by atoms with van der Waals surface area (Å²) in [6, 6.07) is 31.0. The molecule has 0 radical (unpaired) electrons. The third kappa shape index (κ3) is 9.23. The number of ether oxygens (including phenoxy) is 3. The van der Waals surface area contributed by atoms with Crippen molar-refractivity contribution in [1.29, 1.82) is 0 Å². The zero-order valence-corrected chi connectivity index (χ0v) is 25.9. The first kappa shape index (κ1) is 31.9. The lowest BCUT2D eigenvalue weighted by Crippen LogP contribution is -2.45. The van der Waals surface area contributed by atoms with Crippen molar-refractivity contribution in [1.82, 2.24) is 5.06 Å². The molecule has 234 valence electrons. The van der Waals surface area contributed by atoms with Gasteiger partial charge in [-0.2, -0.15) is 0 Å². The monoisotopic (exact) mass is 609 g/mol. The Hall–Kier alpha value is -4.53. The molecule has 0 N–H and O–H groups in total. The van der Waals surface area contributed by atoms with Gasteiger partial charge in [-0.15, -0.1) is 5.06 Å². The molecule has 4 aromatic carbocycles. The van der Waals surface area contributed by atoms with Gasteiger partial charge in [0.1, 0.15) is 5.60 Å². The summed E-state index contributed by atoms with van der Waals surface area (Å²) in [7, 11) is 0. The van der Waals surface area contributed by atoms with E-state index < -0.39 is 17.7 Å². The van der Waals surface area contributed by atoms with Crippen LogP contribution in [0.25, 0.3) is 10.8 Å². The molecule has 0 saturated carbocycles. The number of hydroxylamine groups is 2. The molecule has 1 saturated heterocycles. The lowest BCUT2D eigenvalue weighted by molar-refractivity contribution is -0.179. The van der Waals surface area contributed by atoms with Gasteiger partial charge in [0, 0.05) is 18.0 Å². The summed E-state index contributed by atoms with van der Waals surface area (Å²) in [5, 5.41) is 3.92. The van der Waals surface area contributed by atoms with Gasteiger partial charge in [0.05, 0.1) is 25.7 Å². The van der Waals surface area contributed by atoms with E-state index in [9.17, 15) is 14.4 Å². The van der Waals surface area contributed by atoms with E-state index in [2.05, 4.69) is 30.3 Å². The Kier molecular flexibility index (Phi) is 10.3. The third-order valence-electron chi connectivity index (χ3n) is 7.61. The quantitative estimate of drug-likeness (QED) is 0.140. The summed E-state index contributed by atoms with van der Waals surface area (Å²) in [4.78, 5) is 42.6. The fourth-order valence-electron chi connectivity index (χ4n) is 5.38. The zero-order valence-electron chi connectivity index (χ0n) is 25.9. The average Bonchev–Trinajstić information content (AvgIpc) is 3.02. The van der Waals surface area contributed by atoms with Gasteiger partial charge in [0.25, 0.3) is 0 Å². The molecule has 1 aliphatic heterocycles. The number of carbonyl (C=O) groups is 3. The Morgan fingerprint density at radius 3 is 2.24 bits per heavy atom. The summed E-state index contributed by atoms with van der Waals surface area (Å²) >= 11 is 0. The molecule has 1 fully saturated rings. The van der Waals surface area contributed by atoms with Gasteiger partial charge in [-0.1, -0.05) is 91.0 Å². The molecule has 1 heterocycles. The highest BCUT2D eigenvalue weighted by Gasteiger charge is 2.34. The number of rotatable bonds is 10. The Labute approximate surface area is 263 Å². The summed E-state index contributed by atoms with van der Waals surface area (Å²) in [5.74, 6) is -0.666. The molecule has 0 aliphatic carbocycles. The van der Waals surface area contributed by atoms with Crippen LogP contribution in [0.15, 0.2) is 97.1 Å². The van der Waals surface area contributed by atoms with Crippen LogP contribution in [0.4, 0.5) is 4.79 Å². The Bertz CT molecular complexity index is 1610. The van der Waals surface area contributed by atoms with Gasteiger partial charge in [-0.05, 0) is 60.7 Å². The molecule has 0 bridgehead atoms. The minimum atomic E-state index is -0.740. The molecular formula is C37H39NO7. The van der Waals surface area contributed by atoms with E-state index in [-0.39, 0.29) is 30.8 Å². The minimum absolute atomic E-state index is 0.0356. The van der Waals surface area contributed by atoms with E-state index in [4.69, 9.17) is 19.0 Å². The second-order valence-electron chi connectivity index (χ2n) is 12.2. The molecule has 4 aromatic rings. The number of hydrogen-bond acceptors (Lipinski definition) is 8. The Morgan fingerprint density at radius 1 is 0.822 bits per heavy atom. The Morgan fingerprint density at radius 2 is 1.51 bits per heavy atom. The van der Waals surface area contributed by atoms with Gasteiger partial charge >= 0.3 is 12.1 Å². The van der Waals surface area contributed by atoms with E-state index in [1.54, 1.807) is 50.1 Å². The number of nitrogens with zero attached hydrogens (tertiary/aromatic N) is 1. The van der Waals surface area contributed by atoms with E-state index in [1.807, 2.05) is 42.5 Å². The van der Waals surface area contributed by atoms with E-state index in [1.165, 1.54) is 5.39 Å². The van der Waals surface area contributed by atoms with Crippen LogP contribution >= 0.6 is 0 Å². The van der Waals surface area contributed by atoms with Crippen molar-refractivity contribution in [2.24, 2.45) is 0 Å². The maximum Gasteiger partial charge on any atom is 0.528 e. The molecule has 5 rings (SSSR count). The van der Waals surface area contributed by atoms with E-state index >= 15 is 0 Å². The lowest BCUT2D eigenvalue weighted by Gasteiger charge is -2.37. The first-order chi connectivity index (χ1) is 21.6. The minimum Gasteiger partial charge on any atom is -0.457 e. The summed E-state index contributed by atoms with van der Waals surface area (Å²) < 4.78 is 17.1. The van der Waals surface area contributed by atoms with Crippen LogP contribution in [0.1, 0.15) is 60.2 Å². The fraction of sp³-hybridized carbons (Fsp3) is 0.324. The largest absolute Gasteiger partial charge is 0.528 e. The van der Waals surface area contributed by atoms with Gasteiger partial charge in [0.15, 0.2) is 12.4 Å². The molecule has 0 spiro atoms. The van der Waals surface area contributed by atoms with Gasteiger partial charge in [-0.3, -0.25) is 9.59 Å². The molecule has 0 aromatic heterocycles. The van der Waals surface area contributed by atoms with Crippen LogP contribution in [0.2, 0.25) is 0 Å². The number of fused-ring (bicyclic) bond motifs is 1. The number of ketones is 1. The molecular weight excluding hydrogens is 570 g/mol. The van der Waals surface area contributed by atoms with Crippen LogP contribution in [0.5, 0.6) is 0 Å². The fourth-order valence-corrected chi connectivity index (χ4v) is 5.38. The van der Waals surface area contributed by atoms with Crippen LogP contribution in [-0.4, -0.2) is 54.4 Å². The highest BCUT2D eigenvalue weighted by Crippen LogP contribution is 2.32. The first-order valence-electron chi connectivity index (χ1n) is 15.2. The maximum atomic E-state index is 12.4. The van der Waals surface area contributed by atoms with Gasteiger partial charge in [-0.25, -0.2) is 4.79 Å². The van der Waals surface area contributed by atoms with Crippen molar-refractivity contribution in [3.63, 3.8) is 0 Å². The molecule has 2 unspecified atom stereocenters. The van der Waals surface area contributed by atoms with Crippen LogP contribution < -0.4 is 0 Å². The van der Waals surface area contributed by atoms with Crippen molar-refractivity contribution in [2.75, 3.05) is 19.7 Å². The molecule has 8 heteroatoms. The summed E-state index contributed by atoms with van der Waals surface area (Å²) in [6.45, 7) is 6.39. The second kappa shape index (κ2) is 14.5. The predicted octanol–water partition coefficient (Wildman–Crippen LogP) is 7.05. The van der Waals surface area contributed by atoms with Gasteiger partial charge < -0.3 is 19.0 Å². The van der Waals surface area contributed by atoms with Crippen molar-refractivity contribution < 1.29 is 33.4 Å². The molecule has 2 atom stereocenters. The van der Waals surface area contributed by atoms with Crippen molar-refractivity contribution in [3.05, 3.63) is 119 Å². The van der Waals surface area contributed by atoms with E-state index in [0.717, 1.165) is 22.1 Å². The number of esters is 1. The number of benzene rings is 4. The molecule has 0 amide bonds. The normalized spacial score (nSPS) is 17.0. The number of piperidine rings is 1. The van der Waals surface area contributed by atoms with Gasteiger partial charge in [0.2, 0.25) is 0 Å². The van der Waals surface area contributed by atoms with Crippen LogP contribution in [0, 0.1) is 0 Å². The standard InChI is InChI=1S/C37H39NO7/c1-37(2,3)44-36(41)45-38-20-19-32(34(23-38)42-24-27-15-16-28-9-7-8-12-31(28)21-27)29-17-13-26(14-18-29)22-35(40)43-25-33(39)30-10-5-4-6-11-30/h4-18,21,32,34H,19-20,22-25H2,1-3H3. The summed E-state index contributed by atoms with van der Waals surface area (Å²) in [6.07, 6.45) is -0.260. The number of Topliss-reactive ketones (excluding diaryl/α,β-unsaturated/α-hetero) is 1. The van der Waals surface area contributed by atoms with Crippen LogP contribution in [0.3, 0.4) is 0 Å². The van der Waals surface area contributed by atoms with Crippen molar-refractivity contribution in [2.45, 2.75) is 57.8 Å². The maximum absolute atomic E-state index is 12.4. The first-order valence-corrected chi connectivity index (χ1v) is 15.2. The van der Waals surface area contributed by atoms with Crippen molar-refractivity contribution >= 4 is 28.7 Å². The van der Waals surface area contributed by atoms with Crippen LogP contribution in [-0.2, 0) is 36.9 Å². The number of hydrogen-bond donors (Lipinski definition) is 0. The third-order valence-corrected chi connectivity index (χ3v) is 7.61. The predicted molar refractivity (Wildman–Crippen MR) is 171 cm³/mol. The molecule has 45 heavy (non-hydrogen) atoms. The highest BCUT2D eigenvalue weighted by atomic mass is 16.8. The van der Waals surface area contributed by atoms with E-state index in [0.29, 0.717) is 31.7 Å². The molecule has 1 aliphatic rings.